The molecule has 3 aliphatic rings. The third-order valence-electron chi connectivity index (χ3n) is 8.01. The van der Waals surface area contributed by atoms with Gasteiger partial charge in [-0.3, -0.25) is 14.4 Å². The summed E-state index contributed by atoms with van der Waals surface area (Å²) in [6.07, 6.45) is 6.71. The Balaban J connectivity index is 1.50. The first-order valence-electron chi connectivity index (χ1n) is 12.2. The summed E-state index contributed by atoms with van der Waals surface area (Å²) in [5, 5.41) is 12.9. The molecule has 6 heteroatoms. The number of hydrogen-bond donors (Lipinski definition) is 1. The summed E-state index contributed by atoms with van der Waals surface area (Å²) in [5.74, 6) is -1.52. The van der Waals surface area contributed by atoms with E-state index in [9.17, 15) is 19.6 Å². The zero-order chi connectivity index (χ0) is 24.6. The third kappa shape index (κ3) is 3.85. The van der Waals surface area contributed by atoms with Crippen molar-refractivity contribution in [2.45, 2.75) is 50.5 Å². The highest BCUT2D eigenvalue weighted by atomic mass is 16.2. The Labute approximate surface area is 205 Å². The number of amides is 2. The van der Waals surface area contributed by atoms with E-state index in [2.05, 4.69) is 17.5 Å². The lowest BCUT2D eigenvalue weighted by Crippen LogP contribution is -2.48. The first-order chi connectivity index (χ1) is 16.9. The fraction of sp³-hybridized carbons (Fsp3) is 0.379. The van der Waals surface area contributed by atoms with Crippen LogP contribution in [0.4, 0.5) is 5.69 Å². The number of Topliss-reactive ketones (excluding diaryl/α,β-unsaturated/α-hetero) is 1. The van der Waals surface area contributed by atoms with Gasteiger partial charge in [0.2, 0.25) is 11.8 Å². The molecule has 6 nitrogen and oxygen atoms in total. The first-order valence-corrected chi connectivity index (χ1v) is 12.2. The van der Waals surface area contributed by atoms with Crippen molar-refractivity contribution in [3.63, 3.8) is 0 Å². The van der Waals surface area contributed by atoms with Gasteiger partial charge in [0.15, 0.2) is 5.78 Å². The fourth-order valence-electron chi connectivity index (χ4n) is 5.94. The highest BCUT2D eigenvalue weighted by molar-refractivity contribution is 6.09. The van der Waals surface area contributed by atoms with Crippen LogP contribution in [0.2, 0.25) is 0 Å². The molecule has 5 rings (SSSR count). The van der Waals surface area contributed by atoms with Crippen LogP contribution in [0, 0.1) is 22.7 Å². The monoisotopic (exact) mass is 467 g/mol. The summed E-state index contributed by atoms with van der Waals surface area (Å²) in [6, 6.07) is 18.5. The number of fused-ring (bicyclic) bond motifs is 2. The third-order valence-corrected chi connectivity index (χ3v) is 8.01. The highest BCUT2D eigenvalue weighted by Gasteiger charge is 2.57. The number of rotatable bonds is 5. The molecule has 178 valence electrons. The van der Waals surface area contributed by atoms with Gasteiger partial charge in [-0.1, -0.05) is 67.6 Å². The van der Waals surface area contributed by atoms with Gasteiger partial charge in [-0.25, -0.2) is 0 Å². The maximum absolute atomic E-state index is 14.1. The van der Waals surface area contributed by atoms with Crippen molar-refractivity contribution in [2.24, 2.45) is 11.3 Å². The lowest BCUT2D eigenvalue weighted by molar-refractivity contribution is -0.145. The summed E-state index contributed by atoms with van der Waals surface area (Å²) in [5.41, 5.74) is 0.851. The van der Waals surface area contributed by atoms with E-state index in [4.69, 9.17) is 0 Å². The molecule has 35 heavy (non-hydrogen) atoms. The number of nitriles is 1. The van der Waals surface area contributed by atoms with E-state index in [0.717, 1.165) is 23.2 Å². The number of nitrogens with one attached hydrogen (secondary N) is 1. The average molecular weight is 468 g/mol. The van der Waals surface area contributed by atoms with Gasteiger partial charge in [0.05, 0.1) is 11.5 Å². The Hall–Kier alpha value is -3.72. The van der Waals surface area contributed by atoms with E-state index in [1.165, 1.54) is 4.90 Å². The molecule has 2 aromatic rings. The van der Waals surface area contributed by atoms with Crippen LogP contribution in [0.3, 0.4) is 0 Å². The van der Waals surface area contributed by atoms with Gasteiger partial charge in [-0.2, -0.15) is 5.26 Å². The minimum absolute atomic E-state index is 0.0791. The molecule has 1 spiro atoms. The molecule has 2 heterocycles. The topological polar surface area (TPSA) is 90.3 Å². The number of benzene rings is 2. The Morgan fingerprint density at radius 3 is 2.60 bits per heavy atom. The van der Waals surface area contributed by atoms with Crippen LogP contribution < -0.4 is 5.32 Å². The van der Waals surface area contributed by atoms with Gasteiger partial charge in [0.25, 0.3) is 0 Å². The summed E-state index contributed by atoms with van der Waals surface area (Å²) >= 11 is 0. The maximum Gasteiger partial charge on any atom is 0.237 e. The number of para-hydroxylation sites is 1. The SMILES string of the molecule is CC1(C(=O)[C@H](Cc2ccccc2)C(=O)N2C[C@]3(C[C@H]2C#N)C(=O)Nc2ccccc23)CC=CCC1. The molecule has 2 amide bonds. The molecule has 1 saturated heterocycles. The number of allylic oxidation sites excluding steroid dienone is 2. The van der Waals surface area contributed by atoms with E-state index in [1.807, 2.05) is 67.6 Å². The number of carbonyl (C=O) groups excluding carboxylic acids is 3. The van der Waals surface area contributed by atoms with E-state index in [-0.39, 0.29) is 37.0 Å². The number of anilines is 1. The number of likely N-dealkylation sites (tertiary alicyclic amines) is 1. The van der Waals surface area contributed by atoms with Crippen LogP contribution in [0.25, 0.3) is 0 Å². The second kappa shape index (κ2) is 8.81. The molecule has 2 aromatic carbocycles. The maximum atomic E-state index is 14.1. The lowest BCUT2D eigenvalue weighted by Gasteiger charge is -2.34. The number of carbonyl (C=O) groups is 3. The Morgan fingerprint density at radius 1 is 1.14 bits per heavy atom. The van der Waals surface area contributed by atoms with E-state index in [0.29, 0.717) is 12.8 Å². The van der Waals surface area contributed by atoms with Gasteiger partial charge < -0.3 is 10.2 Å². The fourth-order valence-corrected chi connectivity index (χ4v) is 5.94. The van der Waals surface area contributed by atoms with Crippen LogP contribution in [0.5, 0.6) is 0 Å². The second-order valence-corrected chi connectivity index (χ2v) is 10.3. The molecule has 1 fully saturated rings. The smallest absolute Gasteiger partial charge is 0.237 e. The predicted molar refractivity (Wildman–Crippen MR) is 132 cm³/mol. The van der Waals surface area contributed by atoms with Crippen molar-refractivity contribution >= 4 is 23.3 Å². The number of ketones is 1. The molecule has 0 saturated carbocycles. The van der Waals surface area contributed by atoms with Gasteiger partial charge in [0, 0.05) is 24.1 Å². The molecule has 2 aliphatic heterocycles. The van der Waals surface area contributed by atoms with Crippen LogP contribution in [0.1, 0.15) is 43.7 Å². The van der Waals surface area contributed by atoms with Crippen LogP contribution in [0.15, 0.2) is 66.7 Å². The Bertz CT molecular complexity index is 1250. The molecule has 4 atom stereocenters. The normalized spacial score (nSPS) is 27.8. The van der Waals surface area contributed by atoms with Crippen molar-refractivity contribution in [1.29, 1.82) is 5.26 Å². The first kappa shape index (κ1) is 23.0. The van der Waals surface area contributed by atoms with Crippen LogP contribution in [-0.4, -0.2) is 35.1 Å². The molecule has 1 aliphatic carbocycles. The van der Waals surface area contributed by atoms with Crippen molar-refractivity contribution < 1.29 is 14.4 Å². The van der Waals surface area contributed by atoms with Crippen molar-refractivity contribution in [3.05, 3.63) is 77.9 Å². The minimum Gasteiger partial charge on any atom is -0.325 e. The van der Waals surface area contributed by atoms with Gasteiger partial charge in [-0.05, 0) is 42.9 Å². The van der Waals surface area contributed by atoms with Crippen molar-refractivity contribution in [1.82, 2.24) is 4.90 Å². The van der Waals surface area contributed by atoms with E-state index < -0.39 is 22.8 Å². The Kier molecular flexibility index (Phi) is 5.80. The zero-order valence-corrected chi connectivity index (χ0v) is 19.9. The largest absolute Gasteiger partial charge is 0.325 e. The second-order valence-electron chi connectivity index (χ2n) is 10.3. The standard InChI is InChI=1S/C29H29N3O3/c1-28(14-8-3-9-15-28)25(33)22(16-20-10-4-2-5-11-20)26(34)32-19-29(17-21(32)18-30)23-12-6-7-13-24(23)31-27(29)35/h2-8,10-13,21-22H,9,14-17,19H2,1H3,(H,31,35)/t21-,22-,28?,29-/m0/s1. The summed E-state index contributed by atoms with van der Waals surface area (Å²) < 4.78 is 0. The lowest BCUT2D eigenvalue weighted by atomic mass is 9.70. The highest BCUT2D eigenvalue weighted by Crippen LogP contribution is 2.47. The predicted octanol–water partition coefficient (Wildman–Crippen LogP) is 4.18. The van der Waals surface area contributed by atoms with Crippen molar-refractivity contribution in [3.8, 4) is 6.07 Å². The summed E-state index contributed by atoms with van der Waals surface area (Å²) in [4.78, 5) is 42.7. The molecule has 1 unspecified atom stereocenters. The van der Waals surface area contributed by atoms with Crippen molar-refractivity contribution in [2.75, 3.05) is 11.9 Å². The molecule has 0 radical (unpaired) electrons. The number of hydrogen-bond acceptors (Lipinski definition) is 4. The van der Waals surface area contributed by atoms with Gasteiger partial charge in [0.1, 0.15) is 12.0 Å². The summed E-state index contributed by atoms with van der Waals surface area (Å²) in [7, 11) is 0. The minimum atomic E-state index is -0.968. The molecule has 0 aromatic heterocycles. The van der Waals surface area contributed by atoms with E-state index in [1.54, 1.807) is 0 Å². The van der Waals surface area contributed by atoms with Crippen LogP contribution >= 0.6 is 0 Å². The summed E-state index contributed by atoms with van der Waals surface area (Å²) in [6.45, 7) is 2.04. The number of nitrogens with zero attached hydrogens (tertiary/aromatic N) is 2. The van der Waals surface area contributed by atoms with Gasteiger partial charge >= 0.3 is 0 Å². The molecular weight excluding hydrogens is 438 g/mol. The Morgan fingerprint density at radius 2 is 1.89 bits per heavy atom. The molecule has 1 N–H and O–H groups in total. The average Bonchev–Trinajstić information content (AvgIpc) is 3.41. The quantitative estimate of drug-likeness (QED) is 0.528. The van der Waals surface area contributed by atoms with Crippen LogP contribution in [-0.2, 0) is 26.2 Å². The van der Waals surface area contributed by atoms with Gasteiger partial charge in [-0.15, -0.1) is 0 Å². The molecular formula is C29H29N3O3. The zero-order valence-electron chi connectivity index (χ0n) is 19.9. The van der Waals surface area contributed by atoms with E-state index >= 15 is 0 Å². The molecule has 0 bridgehead atoms.